The summed E-state index contributed by atoms with van der Waals surface area (Å²) >= 11 is 0. The zero-order chi connectivity index (χ0) is 23.4. The van der Waals surface area contributed by atoms with Gasteiger partial charge >= 0.3 is 0 Å². The standard InChI is InChI=1S/C23H19FN6O3/c24-15-4-6-18(7-5-15)30-20(21(25)31)13-19(29-30)23(33)28-17-3-1-2-14(12-17)22(32)27-16-8-10-26-11-9-16/h1-12,20H,13H2,(H2,25,31)(H,28,33)(H,26,27,32). The Morgan fingerprint density at radius 3 is 2.33 bits per heavy atom. The maximum Gasteiger partial charge on any atom is 0.271 e. The predicted octanol–water partition coefficient (Wildman–Crippen LogP) is 2.53. The third kappa shape index (κ3) is 5.01. The molecule has 0 aliphatic carbocycles. The highest BCUT2D eigenvalue weighted by Crippen LogP contribution is 2.25. The summed E-state index contributed by atoms with van der Waals surface area (Å²) < 4.78 is 13.2. The van der Waals surface area contributed by atoms with Crippen LogP contribution >= 0.6 is 0 Å². The fourth-order valence-electron chi connectivity index (χ4n) is 3.28. The van der Waals surface area contributed by atoms with E-state index in [-0.39, 0.29) is 18.0 Å². The number of carbonyl (C=O) groups excluding carboxylic acids is 3. The van der Waals surface area contributed by atoms with E-state index in [1.807, 2.05) is 0 Å². The summed E-state index contributed by atoms with van der Waals surface area (Å²) in [6.07, 6.45) is 3.10. The van der Waals surface area contributed by atoms with Crippen LogP contribution in [0.3, 0.4) is 0 Å². The van der Waals surface area contributed by atoms with Crippen LogP contribution in [-0.2, 0) is 9.59 Å². The van der Waals surface area contributed by atoms with Crippen molar-refractivity contribution in [2.45, 2.75) is 12.5 Å². The van der Waals surface area contributed by atoms with E-state index < -0.39 is 23.7 Å². The molecule has 1 aliphatic rings. The monoisotopic (exact) mass is 446 g/mol. The Kier molecular flexibility index (Phi) is 6.07. The third-order valence-electron chi connectivity index (χ3n) is 4.91. The predicted molar refractivity (Wildman–Crippen MR) is 121 cm³/mol. The van der Waals surface area contributed by atoms with Gasteiger partial charge in [-0.1, -0.05) is 6.07 Å². The molecule has 4 N–H and O–H groups in total. The van der Waals surface area contributed by atoms with Crippen LogP contribution < -0.4 is 21.4 Å². The van der Waals surface area contributed by atoms with Gasteiger partial charge < -0.3 is 16.4 Å². The Bertz CT molecular complexity index is 1230. The first-order valence-electron chi connectivity index (χ1n) is 9.95. The molecular weight excluding hydrogens is 427 g/mol. The molecule has 0 saturated carbocycles. The largest absolute Gasteiger partial charge is 0.368 e. The first kappa shape index (κ1) is 21.6. The molecule has 1 unspecified atom stereocenters. The first-order valence-corrected chi connectivity index (χ1v) is 9.95. The van der Waals surface area contributed by atoms with Gasteiger partial charge in [0.1, 0.15) is 17.6 Å². The molecule has 9 nitrogen and oxygen atoms in total. The number of anilines is 3. The van der Waals surface area contributed by atoms with Gasteiger partial charge in [-0.15, -0.1) is 0 Å². The molecule has 3 amide bonds. The van der Waals surface area contributed by atoms with E-state index in [1.54, 1.807) is 42.7 Å². The van der Waals surface area contributed by atoms with Crippen LogP contribution in [0, 0.1) is 5.82 Å². The van der Waals surface area contributed by atoms with Crippen molar-refractivity contribution in [1.82, 2.24) is 4.98 Å². The van der Waals surface area contributed by atoms with Gasteiger partial charge in [0.25, 0.3) is 11.8 Å². The summed E-state index contributed by atoms with van der Waals surface area (Å²) in [6.45, 7) is 0. The van der Waals surface area contributed by atoms with Crippen molar-refractivity contribution in [3.8, 4) is 0 Å². The number of hydrogen-bond acceptors (Lipinski definition) is 6. The minimum atomic E-state index is -0.881. The summed E-state index contributed by atoms with van der Waals surface area (Å²) in [7, 11) is 0. The average molecular weight is 446 g/mol. The SMILES string of the molecule is NC(=O)C1CC(C(=O)Nc2cccc(C(=O)Nc3ccncc3)c2)=NN1c1ccc(F)cc1. The van der Waals surface area contributed by atoms with E-state index in [0.29, 0.717) is 22.6 Å². The second kappa shape index (κ2) is 9.27. The Hall–Kier alpha value is -4.60. The molecule has 1 aliphatic heterocycles. The number of nitrogens with two attached hydrogens (primary N) is 1. The third-order valence-corrected chi connectivity index (χ3v) is 4.91. The molecular formula is C23H19FN6O3. The minimum Gasteiger partial charge on any atom is -0.368 e. The van der Waals surface area contributed by atoms with Gasteiger partial charge in [-0.3, -0.25) is 24.4 Å². The number of nitrogens with one attached hydrogen (secondary N) is 2. The van der Waals surface area contributed by atoms with Crippen molar-refractivity contribution in [3.05, 3.63) is 84.4 Å². The fourth-order valence-corrected chi connectivity index (χ4v) is 3.28. The van der Waals surface area contributed by atoms with E-state index in [0.717, 1.165) is 0 Å². The molecule has 3 aromatic rings. The van der Waals surface area contributed by atoms with E-state index >= 15 is 0 Å². The second-order valence-electron chi connectivity index (χ2n) is 7.21. The van der Waals surface area contributed by atoms with Crippen LogP contribution in [0.1, 0.15) is 16.8 Å². The molecule has 0 bridgehead atoms. The molecule has 0 spiro atoms. The fraction of sp³-hybridized carbons (Fsp3) is 0.0870. The molecule has 2 aromatic carbocycles. The number of pyridine rings is 1. The van der Waals surface area contributed by atoms with Gasteiger partial charge in [-0.25, -0.2) is 4.39 Å². The summed E-state index contributed by atoms with van der Waals surface area (Å²) in [5, 5.41) is 11.0. The van der Waals surface area contributed by atoms with Crippen LogP contribution in [0.4, 0.5) is 21.5 Å². The van der Waals surface area contributed by atoms with Crippen molar-refractivity contribution in [2.75, 3.05) is 15.6 Å². The number of hydrazone groups is 1. The molecule has 33 heavy (non-hydrogen) atoms. The van der Waals surface area contributed by atoms with Gasteiger partial charge in [0, 0.05) is 35.8 Å². The zero-order valence-electron chi connectivity index (χ0n) is 17.2. The van der Waals surface area contributed by atoms with Gasteiger partial charge in [0.15, 0.2) is 0 Å². The Labute approximate surface area is 188 Å². The zero-order valence-corrected chi connectivity index (χ0v) is 17.2. The number of amides is 3. The number of carbonyl (C=O) groups is 3. The highest BCUT2D eigenvalue weighted by atomic mass is 19.1. The molecule has 0 saturated heterocycles. The number of benzene rings is 2. The summed E-state index contributed by atoms with van der Waals surface area (Å²) in [5.74, 6) is -2.01. The number of hydrogen-bond donors (Lipinski definition) is 3. The topological polar surface area (TPSA) is 130 Å². The maximum atomic E-state index is 13.2. The van der Waals surface area contributed by atoms with Crippen molar-refractivity contribution in [1.29, 1.82) is 0 Å². The minimum absolute atomic E-state index is 0.0131. The van der Waals surface area contributed by atoms with E-state index in [2.05, 4.69) is 20.7 Å². The Morgan fingerprint density at radius 2 is 1.64 bits per heavy atom. The molecule has 2 heterocycles. The molecule has 10 heteroatoms. The van der Waals surface area contributed by atoms with Crippen LogP contribution in [0.5, 0.6) is 0 Å². The first-order chi connectivity index (χ1) is 15.9. The molecule has 166 valence electrons. The lowest BCUT2D eigenvalue weighted by molar-refractivity contribution is -0.119. The number of nitrogens with zero attached hydrogens (tertiary/aromatic N) is 3. The van der Waals surface area contributed by atoms with E-state index in [4.69, 9.17) is 5.73 Å². The lowest BCUT2D eigenvalue weighted by Crippen LogP contribution is -2.39. The highest BCUT2D eigenvalue weighted by Gasteiger charge is 2.35. The number of rotatable bonds is 6. The lowest BCUT2D eigenvalue weighted by Gasteiger charge is -2.20. The van der Waals surface area contributed by atoms with Gasteiger partial charge in [-0.05, 0) is 54.6 Å². The van der Waals surface area contributed by atoms with Crippen LogP contribution in [0.25, 0.3) is 0 Å². The molecule has 0 radical (unpaired) electrons. The van der Waals surface area contributed by atoms with E-state index in [1.165, 1.54) is 35.3 Å². The Balaban J connectivity index is 1.49. The average Bonchev–Trinajstić information content (AvgIpc) is 3.26. The van der Waals surface area contributed by atoms with Gasteiger partial charge in [0.05, 0.1) is 5.69 Å². The van der Waals surface area contributed by atoms with Gasteiger partial charge in [-0.2, -0.15) is 5.10 Å². The molecule has 1 aromatic heterocycles. The normalized spacial score (nSPS) is 15.0. The van der Waals surface area contributed by atoms with Crippen LogP contribution in [-0.4, -0.2) is 34.5 Å². The molecule has 0 fully saturated rings. The lowest BCUT2D eigenvalue weighted by atomic mass is 10.1. The van der Waals surface area contributed by atoms with Crippen LogP contribution in [0.15, 0.2) is 78.2 Å². The molecule has 4 rings (SSSR count). The quantitative estimate of drug-likeness (QED) is 0.536. The van der Waals surface area contributed by atoms with E-state index in [9.17, 15) is 18.8 Å². The smallest absolute Gasteiger partial charge is 0.271 e. The van der Waals surface area contributed by atoms with Crippen molar-refractivity contribution < 1.29 is 18.8 Å². The number of primary amides is 1. The van der Waals surface area contributed by atoms with Crippen molar-refractivity contribution in [3.63, 3.8) is 0 Å². The number of aromatic nitrogens is 1. The summed E-state index contributed by atoms with van der Waals surface area (Å²) in [6, 6.07) is 14.2. The highest BCUT2D eigenvalue weighted by molar-refractivity contribution is 6.44. The second-order valence-corrected chi connectivity index (χ2v) is 7.21. The van der Waals surface area contributed by atoms with Crippen molar-refractivity contribution in [2.24, 2.45) is 10.8 Å². The maximum absolute atomic E-state index is 13.2. The summed E-state index contributed by atoms with van der Waals surface area (Å²) in [4.78, 5) is 41.1. The Morgan fingerprint density at radius 1 is 0.939 bits per heavy atom. The molecule has 1 atom stereocenters. The number of halogens is 1. The van der Waals surface area contributed by atoms with Gasteiger partial charge in [0.2, 0.25) is 5.91 Å². The summed E-state index contributed by atoms with van der Waals surface area (Å²) in [5.41, 5.74) is 7.28. The van der Waals surface area contributed by atoms with Crippen LogP contribution in [0.2, 0.25) is 0 Å². The van der Waals surface area contributed by atoms with Crippen molar-refractivity contribution >= 4 is 40.5 Å².